The molecule has 0 aliphatic rings. The fraction of sp³-hybridized carbons (Fsp3) is 0.222. The summed E-state index contributed by atoms with van der Waals surface area (Å²) in [7, 11) is 0. The van der Waals surface area contributed by atoms with Crippen molar-refractivity contribution in [2.45, 2.75) is 12.4 Å². The molecular formula is C18H11F6NO4. The fourth-order valence-corrected chi connectivity index (χ4v) is 2.27. The van der Waals surface area contributed by atoms with E-state index in [1.165, 1.54) is 30.3 Å². The van der Waals surface area contributed by atoms with Crippen molar-refractivity contribution < 1.29 is 45.7 Å². The van der Waals surface area contributed by atoms with E-state index in [2.05, 4.69) is 4.74 Å². The highest BCUT2D eigenvalue weighted by molar-refractivity contribution is 5.88. The molecule has 5 nitrogen and oxygen atoms in total. The number of rotatable bonds is 6. The molecule has 0 aliphatic heterocycles. The van der Waals surface area contributed by atoms with Crippen LogP contribution in [0.25, 0.3) is 11.1 Å². The second kappa shape index (κ2) is 8.30. The average Bonchev–Trinajstić information content (AvgIpc) is 2.63. The monoisotopic (exact) mass is 419 g/mol. The third-order valence-electron chi connectivity index (χ3n) is 3.45. The summed E-state index contributed by atoms with van der Waals surface area (Å²) >= 11 is 0. The number of ether oxygens (including phenoxy) is 2. The summed E-state index contributed by atoms with van der Waals surface area (Å²) in [6, 6.07) is 8.47. The van der Waals surface area contributed by atoms with E-state index >= 15 is 0 Å². The summed E-state index contributed by atoms with van der Waals surface area (Å²) in [5, 5.41) is 18.2. The number of aromatic carboxylic acids is 1. The first kappa shape index (κ1) is 21.9. The molecule has 0 aliphatic carbocycles. The molecular weight excluding hydrogens is 408 g/mol. The van der Waals surface area contributed by atoms with Crippen LogP contribution in [0.15, 0.2) is 36.4 Å². The van der Waals surface area contributed by atoms with Gasteiger partial charge < -0.3 is 14.6 Å². The summed E-state index contributed by atoms with van der Waals surface area (Å²) in [5.74, 6) is -2.47. The highest BCUT2D eigenvalue weighted by Gasteiger charge is 2.32. The standard InChI is InChI=1S/C18H11F6NO4/c19-17(20,21)8-28-14-6-5-12(10-1-3-11(4-2-10)16(26)27)15(13(14)7-25)29-9-18(22,23)24/h1-6H,8-9H2,(H,26,27). The van der Waals surface area contributed by atoms with Gasteiger partial charge in [-0.3, -0.25) is 0 Å². The van der Waals surface area contributed by atoms with Crippen LogP contribution in [-0.2, 0) is 0 Å². The number of carbonyl (C=O) groups is 1. The van der Waals surface area contributed by atoms with Gasteiger partial charge in [-0.1, -0.05) is 12.1 Å². The van der Waals surface area contributed by atoms with Gasteiger partial charge in [-0.15, -0.1) is 0 Å². The topological polar surface area (TPSA) is 79.5 Å². The van der Waals surface area contributed by atoms with Crippen molar-refractivity contribution in [3.05, 3.63) is 47.5 Å². The molecule has 29 heavy (non-hydrogen) atoms. The number of nitriles is 1. The Balaban J connectivity index is 2.54. The molecule has 0 spiro atoms. The van der Waals surface area contributed by atoms with Crippen molar-refractivity contribution in [3.8, 4) is 28.7 Å². The number of alkyl halides is 6. The number of nitrogens with zero attached hydrogens (tertiary/aromatic N) is 1. The highest BCUT2D eigenvalue weighted by atomic mass is 19.4. The summed E-state index contributed by atoms with van der Waals surface area (Å²) in [4.78, 5) is 10.9. The minimum Gasteiger partial charge on any atom is -0.483 e. The van der Waals surface area contributed by atoms with Gasteiger partial charge in [-0.05, 0) is 29.8 Å². The molecule has 2 aromatic carbocycles. The van der Waals surface area contributed by atoms with Gasteiger partial charge in [-0.25, -0.2) is 4.79 Å². The zero-order valence-electron chi connectivity index (χ0n) is 14.3. The molecule has 0 atom stereocenters. The Bertz CT molecular complexity index is 930. The van der Waals surface area contributed by atoms with Gasteiger partial charge >= 0.3 is 18.3 Å². The molecule has 1 N–H and O–H groups in total. The lowest BCUT2D eigenvalue weighted by Crippen LogP contribution is -2.21. The van der Waals surface area contributed by atoms with Crippen molar-refractivity contribution in [2.75, 3.05) is 13.2 Å². The minimum atomic E-state index is -4.78. The zero-order valence-corrected chi connectivity index (χ0v) is 14.3. The number of carboxylic acid groups (broad SMARTS) is 1. The lowest BCUT2D eigenvalue weighted by molar-refractivity contribution is -0.153. The smallest absolute Gasteiger partial charge is 0.422 e. The van der Waals surface area contributed by atoms with Gasteiger partial charge in [0.05, 0.1) is 5.56 Å². The Hall–Kier alpha value is -3.42. The quantitative estimate of drug-likeness (QED) is 0.680. The highest BCUT2D eigenvalue weighted by Crippen LogP contribution is 2.39. The minimum absolute atomic E-state index is 0.0536. The van der Waals surface area contributed by atoms with Crippen LogP contribution in [-0.4, -0.2) is 36.6 Å². The Morgan fingerprint density at radius 1 is 0.931 bits per heavy atom. The molecule has 154 valence electrons. The van der Waals surface area contributed by atoms with Crippen LogP contribution in [0, 0.1) is 11.3 Å². The summed E-state index contributed by atoms with van der Waals surface area (Å²) in [6.07, 6.45) is -9.51. The van der Waals surface area contributed by atoms with E-state index in [9.17, 15) is 36.4 Å². The molecule has 2 aromatic rings. The van der Waals surface area contributed by atoms with Crippen molar-refractivity contribution in [1.82, 2.24) is 0 Å². The van der Waals surface area contributed by atoms with Crippen molar-refractivity contribution >= 4 is 5.97 Å². The van der Waals surface area contributed by atoms with E-state index in [0.717, 1.165) is 12.1 Å². The van der Waals surface area contributed by atoms with E-state index < -0.39 is 48.6 Å². The molecule has 0 amide bonds. The predicted octanol–water partition coefficient (Wildman–Crippen LogP) is 4.81. The largest absolute Gasteiger partial charge is 0.483 e. The Morgan fingerprint density at radius 3 is 1.97 bits per heavy atom. The van der Waals surface area contributed by atoms with Gasteiger partial charge in [0.2, 0.25) is 0 Å². The van der Waals surface area contributed by atoms with Crippen molar-refractivity contribution in [1.29, 1.82) is 5.26 Å². The van der Waals surface area contributed by atoms with Crippen molar-refractivity contribution in [2.24, 2.45) is 0 Å². The van der Waals surface area contributed by atoms with E-state index in [4.69, 9.17) is 9.84 Å². The molecule has 0 saturated heterocycles. The predicted molar refractivity (Wildman–Crippen MR) is 86.7 cm³/mol. The van der Waals surface area contributed by atoms with Gasteiger partial charge in [0.25, 0.3) is 0 Å². The number of carboxylic acids is 1. The molecule has 0 bridgehead atoms. The zero-order chi connectivity index (χ0) is 21.8. The first-order valence-electron chi connectivity index (χ1n) is 7.71. The third kappa shape index (κ3) is 6.03. The lowest BCUT2D eigenvalue weighted by atomic mass is 9.99. The number of benzene rings is 2. The summed E-state index contributed by atoms with van der Waals surface area (Å²) in [6.45, 7) is -3.56. The average molecular weight is 419 g/mol. The van der Waals surface area contributed by atoms with E-state index in [1.54, 1.807) is 0 Å². The van der Waals surface area contributed by atoms with Crippen LogP contribution in [0.3, 0.4) is 0 Å². The normalized spacial score (nSPS) is 11.6. The van der Waals surface area contributed by atoms with Crippen LogP contribution in [0.5, 0.6) is 11.5 Å². The fourth-order valence-electron chi connectivity index (χ4n) is 2.27. The van der Waals surface area contributed by atoms with E-state index in [-0.39, 0.29) is 16.7 Å². The van der Waals surface area contributed by atoms with Gasteiger partial charge in [-0.2, -0.15) is 31.6 Å². The Kier molecular flexibility index (Phi) is 6.26. The molecule has 0 aromatic heterocycles. The molecule has 0 radical (unpaired) electrons. The third-order valence-corrected chi connectivity index (χ3v) is 3.45. The number of hydrogen-bond donors (Lipinski definition) is 1. The maximum absolute atomic E-state index is 12.6. The van der Waals surface area contributed by atoms with Gasteiger partial charge in [0, 0.05) is 5.56 Å². The molecule has 0 heterocycles. The maximum atomic E-state index is 12.6. The van der Waals surface area contributed by atoms with Crippen LogP contribution < -0.4 is 9.47 Å². The summed E-state index contributed by atoms with van der Waals surface area (Å²) in [5.41, 5.74) is -0.622. The van der Waals surface area contributed by atoms with E-state index in [0.29, 0.717) is 0 Å². The first-order chi connectivity index (χ1) is 13.4. The second-order valence-electron chi connectivity index (χ2n) is 5.62. The molecule has 0 unspecified atom stereocenters. The molecule has 0 fully saturated rings. The first-order valence-corrected chi connectivity index (χ1v) is 7.71. The number of hydrogen-bond acceptors (Lipinski definition) is 4. The van der Waals surface area contributed by atoms with Crippen molar-refractivity contribution in [3.63, 3.8) is 0 Å². The van der Waals surface area contributed by atoms with Crippen LogP contribution in [0.2, 0.25) is 0 Å². The van der Waals surface area contributed by atoms with Gasteiger partial charge in [0.1, 0.15) is 23.1 Å². The van der Waals surface area contributed by atoms with Crippen LogP contribution >= 0.6 is 0 Å². The number of halogens is 6. The van der Waals surface area contributed by atoms with Crippen LogP contribution in [0.1, 0.15) is 15.9 Å². The molecule has 0 saturated carbocycles. The maximum Gasteiger partial charge on any atom is 0.422 e. The SMILES string of the molecule is N#Cc1c(OCC(F)(F)F)ccc(-c2ccc(C(=O)O)cc2)c1OCC(F)(F)F. The van der Waals surface area contributed by atoms with E-state index in [1.807, 2.05) is 0 Å². The van der Waals surface area contributed by atoms with Gasteiger partial charge in [0.15, 0.2) is 13.2 Å². The Labute approximate surface area is 159 Å². The van der Waals surface area contributed by atoms with Crippen LogP contribution in [0.4, 0.5) is 26.3 Å². The summed E-state index contributed by atoms with van der Waals surface area (Å²) < 4.78 is 84.2. The second-order valence-corrected chi connectivity index (χ2v) is 5.62. The molecule has 2 rings (SSSR count). The molecule has 11 heteroatoms. The Morgan fingerprint density at radius 2 is 1.48 bits per heavy atom. The lowest BCUT2D eigenvalue weighted by Gasteiger charge is -2.18.